The number of ether oxygens (including phenoxy) is 2. The molecule has 0 saturated carbocycles. The molecule has 0 saturated heterocycles. The minimum atomic E-state index is -0.798. The molecule has 0 heterocycles. The molecule has 1 N–H and O–H groups in total. The van der Waals surface area contributed by atoms with E-state index in [9.17, 15) is 19.3 Å². The second-order valence-electron chi connectivity index (χ2n) is 3.54. The summed E-state index contributed by atoms with van der Waals surface area (Å²) in [6, 6.07) is 2.05. The molecule has 0 aliphatic heterocycles. The number of hydrogen-bond acceptors (Lipinski definition) is 6. The largest absolute Gasteiger partial charge is 0.484 e. The summed E-state index contributed by atoms with van der Waals surface area (Å²) in [5, 5.41) is 13.4. The Morgan fingerprint density at radius 3 is 2.79 bits per heavy atom. The predicted molar refractivity (Wildman–Crippen MR) is 63.4 cm³/mol. The minimum absolute atomic E-state index is 0.215. The number of nitro benzene ring substituents is 1. The van der Waals surface area contributed by atoms with Crippen molar-refractivity contribution in [3.05, 3.63) is 34.1 Å². The van der Waals surface area contributed by atoms with Crippen LogP contribution in [-0.2, 0) is 9.53 Å². The number of nitro groups is 1. The van der Waals surface area contributed by atoms with Crippen LogP contribution >= 0.6 is 0 Å². The SMILES string of the molecule is CNC(COc1cc(F)ccc1[N+](=O)[O-])C(=O)OC. The number of esters is 1. The fourth-order valence-corrected chi connectivity index (χ4v) is 1.34. The van der Waals surface area contributed by atoms with Crippen molar-refractivity contribution in [1.82, 2.24) is 5.32 Å². The maximum absolute atomic E-state index is 13.0. The number of benzene rings is 1. The van der Waals surface area contributed by atoms with Gasteiger partial charge in [-0.25, -0.2) is 4.39 Å². The molecular formula is C11H13FN2O5. The number of rotatable bonds is 6. The zero-order valence-electron chi connectivity index (χ0n) is 10.4. The standard InChI is InChI=1S/C11H13FN2O5/c1-13-8(11(15)18-2)6-19-10-5-7(12)3-4-9(10)14(16)17/h3-5,8,13H,6H2,1-2H3. The Bertz CT molecular complexity index is 480. The molecule has 0 aliphatic carbocycles. The molecule has 7 nitrogen and oxygen atoms in total. The van der Waals surface area contributed by atoms with E-state index in [1.165, 1.54) is 14.2 Å². The van der Waals surface area contributed by atoms with Gasteiger partial charge in [-0.3, -0.25) is 14.9 Å². The van der Waals surface area contributed by atoms with E-state index >= 15 is 0 Å². The Balaban J connectivity index is 2.84. The molecule has 0 spiro atoms. The summed E-state index contributed by atoms with van der Waals surface area (Å²) in [5.41, 5.74) is -0.374. The highest BCUT2D eigenvalue weighted by Crippen LogP contribution is 2.27. The lowest BCUT2D eigenvalue weighted by molar-refractivity contribution is -0.385. The molecule has 1 atom stereocenters. The van der Waals surface area contributed by atoms with Gasteiger partial charge in [0.05, 0.1) is 12.0 Å². The quantitative estimate of drug-likeness (QED) is 0.469. The summed E-state index contributed by atoms with van der Waals surface area (Å²) in [6.45, 7) is -0.215. The molecule has 104 valence electrons. The Labute approximate surface area is 108 Å². The molecule has 0 radical (unpaired) electrons. The lowest BCUT2D eigenvalue weighted by Crippen LogP contribution is -2.40. The van der Waals surface area contributed by atoms with Crippen molar-refractivity contribution in [2.75, 3.05) is 20.8 Å². The molecule has 1 aromatic rings. The molecule has 1 rings (SSSR count). The molecule has 8 heteroatoms. The van der Waals surface area contributed by atoms with Crippen LogP contribution < -0.4 is 10.1 Å². The third kappa shape index (κ3) is 3.88. The fourth-order valence-electron chi connectivity index (χ4n) is 1.34. The van der Waals surface area contributed by atoms with Gasteiger partial charge in [-0.15, -0.1) is 0 Å². The lowest BCUT2D eigenvalue weighted by Gasteiger charge is -2.14. The zero-order valence-corrected chi connectivity index (χ0v) is 10.4. The Hall–Kier alpha value is -2.22. The van der Waals surface area contributed by atoms with E-state index in [4.69, 9.17) is 4.74 Å². The summed E-state index contributed by atoms with van der Waals surface area (Å²) >= 11 is 0. The van der Waals surface area contributed by atoms with E-state index in [0.29, 0.717) is 0 Å². The van der Waals surface area contributed by atoms with Gasteiger partial charge < -0.3 is 14.8 Å². The molecule has 0 aliphatic rings. The molecule has 0 amide bonds. The van der Waals surface area contributed by atoms with E-state index in [1.807, 2.05) is 0 Å². The summed E-state index contributed by atoms with van der Waals surface area (Å²) in [6.07, 6.45) is 0. The van der Waals surface area contributed by atoms with Crippen molar-refractivity contribution in [3.63, 3.8) is 0 Å². The number of halogens is 1. The van der Waals surface area contributed by atoms with Crippen molar-refractivity contribution in [2.45, 2.75) is 6.04 Å². The molecule has 19 heavy (non-hydrogen) atoms. The first-order chi connectivity index (χ1) is 8.99. The summed E-state index contributed by atoms with van der Waals surface area (Å²) < 4.78 is 22.6. The maximum Gasteiger partial charge on any atom is 0.326 e. The number of nitrogens with zero attached hydrogens (tertiary/aromatic N) is 1. The topological polar surface area (TPSA) is 90.7 Å². The number of carbonyl (C=O) groups is 1. The lowest BCUT2D eigenvalue weighted by atomic mass is 10.3. The van der Waals surface area contributed by atoms with Crippen molar-refractivity contribution in [2.24, 2.45) is 0 Å². The number of hydrogen-bond donors (Lipinski definition) is 1. The van der Waals surface area contributed by atoms with Gasteiger partial charge in [0.1, 0.15) is 18.5 Å². The van der Waals surface area contributed by atoms with Gasteiger partial charge in [0.15, 0.2) is 5.75 Å². The minimum Gasteiger partial charge on any atom is -0.484 e. The van der Waals surface area contributed by atoms with Crippen LogP contribution in [0.15, 0.2) is 18.2 Å². The Morgan fingerprint density at radius 2 is 2.26 bits per heavy atom. The van der Waals surface area contributed by atoms with Crippen LogP contribution in [0.25, 0.3) is 0 Å². The molecule has 0 bridgehead atoms. The predicted octanol–water partition coefficient (Wildman–Crippen LogP) is 0.874. The van der Waals surface area contributed by atoms with E-state index in [-0.39, 0.29) is 18.0 Å². The smallest absolute Gasteiger partial charge is 0.326 e. The molecule has 0 fully saturated rings. The van der Waals surface area contributed by atoms with Crippen LogP contribution in [0.2, 0.25) is 0 Å². The first-order valence-corrected chi connectivity index (χ1v) is 5.31. The Kier molecular flexibility index (Phi) is 5.19. The zero-order chi connectivity index (χ0) is 14.4. The third-order valence-corrected chi connectivity index (χ3v) is 2.36. The van der Waals surface area contributed by atoms with Crippen LogP contribution in [0.3, 0.4) is 0 Å². The maximum atomic E-state index is 13.0. The summed E-state index contributed by atoms with van der Waals surface area (Å²) in [4.78, 5) is 21.3. The first-order valence-electron chi connectivity index (χ1n) is 5.31. The van der Waals surface area contributed by atoms with Gasteiger partial charge in [-0.2, -0.15) is 0 Å². The van der Waals surface area contributed by atoms with Crippen LogP contribution in [0, 0.1) is 15.9 Å². The number of nitrogens with one attached hydrogen (secondary N) is 1. The summed E-state index contributed by atoms with van der Waals surface area (Å²) in [7, 11) is 2.71. The van der Waals surface area contributed by atoms with E-state index < -0.39 is 22.8 Å². The van der Waals surface area contributed by atoms with Gasteiger partial charge in [-0.05, 0) is 13.1 Å². The van der Waals surface area contributed by atoms with Gasteiger partial charge in [0, 0.05) is 12.1 Å². The average Bonchev–Trinajstić information content (AvgIpc) is 2.38. The average molecular weight is 272 g/mol. The van der Waals surface area contributed by atoms with Crippen molar-refractivity contribution < 1.29 is 23.6 Å². The van der Waals surface area contributed by atoms with E-state index in [1.54, 1.807) is 0 Å². The first kappa shape index (κ1) is 14.8. The normalized spacial score (nSPS) is 11.7. The third-order valence-electron chi connectivity index (χ3n) is 2.36. The fraction of sp³-hybridized carbons (Fsp3) is 0.364. The van der Waals surface area contributed by atoms with Crippen LogP contribution in [0.5, 0.6) is 5.75 Å². The highest BCUT2D eigenvalue weighted by atomic mass is 19.1. The van der Waals surface area contributed by atoms with Crippen LogP contribution in [0.1, 0.15) is 0 Å². The molecule has 1 unspecified atom stereocenters. The summed E-state index contributed by atoms with van der Waals surface area (Å²) in [5.74, 6) is -1.49. The second-order valence-corrected chi connectivity index (χ2v) is 3.54. The van der Waals surface area contributed by atoms with E-state index in [2.05, 4.69) is 10.1 Å². The second kappa shape index (κ2) is 6.64. The number of methoxy groups -OCH3 is 1. The van der Waals surface area contributed by atoms with Crippen molar-refractivity contribution in [1.29, 1.82) is 0 Å². The highest BCUT2D eigenvalue weighted by Gasteiger charge is 2.21. The van der Waals surface area contributed by atoms with Gasteiger partial charge >= 0.3 is 11.7 Å². The van der Waals surface area contributed by atoms with E-state index in [0.717, 1.165) is 18.2 Å². The van der Waals surface area contributed by atoms with Gasteiger partial charge in [0.2, 0.25) is 0 Å². The Morgan fingerprint density at radius 1 is 1.58 bits per heavy atom. The van der Waals surface area contributed by atoms with Crippen molar-refractivity contribution in [3.8, 4) is 5.75 Å². The van der Waals surface area contributed by atoms with Crippen LogP contribution in [0.4, 0.5) is 10.1 Å². The van der Waals surface area contributed by atoms with Crippen molar-refractivity contribution >= 4 is 11.7 Å². The number of likely N-dealkylation sites (N-methyl/N-ethyl adjacent to an activating group) is 1. The highest BCUT2D eigenvalue weighted by molar-refractivity contribution is 5.75. The van der Waals surface area contributed by atoms with Crippen LogP contribution in [-0.4, -0.2) is 37.7 Å². The van der Waals surface area contributed by atoms with Gasteiger partial charge in [-0.1, -0.05) is 0 Å². The van der Waals surface area contributed by atoms with Gasteiger partial charge in [0.25, 0.3) is 0 Å². The molecule has 1 aromatic carbocycles. The molecule has 0 aromatic heterocycles. The number of carbonyl (C=O) groups excluding carboxylic acids is 1. The monoisotopic (exact) mass is 272 g/mol. The molecular weight excluding hydrogens is 259 g/mol.